The molecule has 2 nitrogen and oxygen atoms in total. The Morgan fingerprint density at radius 3 is 2.85 bits per heavy atom. The van der Waals surface area contributed by atoms with Crippen molar-refractivity contribution in [1.29, 1.82) is 0 Å². The van der Waals surface area contributed by atoms with Crippen LogP contribution in [0.3, 0.4) is 0 Å². The van der Waals surface area contributed by atoms with Gasteiger partial charge in [-0.05, 0) is 24.4 Å². The van der Waals surface area contributed by atoms with Gasteiger partial charge in [-0.2, -0.15) is 4.91 Å². The molecule has 0 spiro atoms. The molecule has 13 heavy (non-hydrogen) atoms. The normalized spacial score (nSPS) is 13.0. The molecule has 0 amide bonds. The molecule has 2 rings (SSSR count). The minimum atomic E-state index is -0.225. The summed E-state index contributed by atoms with van der Waals surface area (Å²) in [5.41, 5.74) is 0. The molecule has 1 unspecified atom stereocenters. The van der Waals surface area contributed by atoms with Crippen molar-refractivity contribution in [3.05, 3.63) is 40.1 Å². The van der Waals surface area contributed by atoms with Crippen molar-refractivity contribution in [1.82, 2.24) is 0 Å². The van der Waals surface area contributed by atoms with Crippen LogP contribution in [0.5, 0.6) is 0 Å². The average Bonchev–Trinajstić information content (AvgIpc) is 2.59. The Kier molecular flexibility index (Phi) is 2.10. The van der Waals surface area contributed by atoms with Gasteiger partial charge in [0, 0.05) is 9.58 Å². The van der Waals surface area contributed by atoms with Gasteiger partial charge in [-0.3, -0.25) is 0 Å². The van der Waals surface area contributed by atoms with E-state index in [1.54, 1.807) is 11.3 Å². The second-order valence-electron chi connectivity index (χ2n) is 2.97. The molecule has 1 aromatic heterocycles. The summed E-state index contributed by atoms with van der Waals surface area (Å²) in [5, 5.41) is 4.21. The summed E-state index contributed by atoms with van der Waals surface area (Å²) in [4.78, 5) is 11.4. The fourth-order valence-electron chi connectivity index (χ4n) is 1.26. The predicted molar refractivity (Wildman–Crippen MR) is 56.0 cm³/mol. The Balaban J connectivity index is 2.55. The third kappa shape index (κ3) is 1.47. The lowest BCUT2D eigenvalue weighted by atomic mass is 10.2. The van der Waals surface area contributed by atoms with Crippen molar-refractivity contribution >= 4 is 21.4 Å². The maximum atomic E-state index is 10.3. The molecule has 0 saturated heterocycles. The molecule has 0 aliphatic heterocycles. The summed E-state index contributed by atoms with van der Waals surface area (Å²) in [6.07, 6.45) is 0. The zero-order valence-electron chi connectivity index (χ0n) is 7.23. The molecule has 1 heterocycles. The molecule has 0 N–H and O–H groups in total. The SMILES string of the molecule is CC(N=O)c1cc2ccccc2s1. The maximum Gasteiger partial charge on any atom is 0.123 e. The van der Waals surface area contributed by atoms with Gasteiger partial charge in [0.2, 0.25) is 0 Å². The van der Waals surface area contributed by atoms with E-state index in [2.05, 4.69) is 11.2 Å². The summed E-state index contributed by atoms with van der Waals surface area (Å²) < 4.78 is 1.22. The number of rotatable bonds is 2. The molecular formula is C10H9NOS. The monoisotopic (exact) mass is 191 g/mol. The second-order valence-corrected chi connectivity index (χ2v) is 4.08. The van der Waals surface area contributed by atoms with Gasteiger partial charge in [0.05, 0.1) is 0 Å². The molecule has 1 atom stereocenters. The van der Waals surface area contributed by atoms with Gasteiger partial charge in [0.15, 0.2) is 0 Å². The molecule has 0 saturated carbocycles. The molecule has 66 valence electrons. The Labute approximate surface area is 80.2 Å². The number of fused-ring (bicyclic) bond motifs is 1. The van der Waals surface area contributed by atoms with Crippen molar-refractivity contribution < 1.29 is 0 Å². The van der Waals surface area contributed by atoms with Crippen molar-refractivity contribution in [2.45, 2.75) is 13.0 Å². The van der Waals surface area contributed by atoms with E-state index in [1.807, 2.05) is 31.2 Å². The lowest BCUT2D eigenvalue weighted by Gasteiger charge is -1.93. The Morgan fingerprint density at radius 1 is 1.38 bits per heavy atom. The molecule has 0 aliphatic rings. The van der Waals surface area contributed by atoms with Crippen LogP contribution in [0.4, 0.5) is 0 Å². The van der Waals surface area contributed by atoms with E-state index in [0.717, 1.165) is 4.88 Å². The van der Waals surface area contributed by atoms with Gasteiger partial charge < -0.3 is 0 Å². The predicted octanol–water partition coefficient (Wildman–Crippen LogP) is 3.73. The third-order valence-corrected chi connectivity index (χ3v) is 3.30. The first-order chi connectivity index (χ1) is 6.31. The zero-order valence-corrected chi connectivity index (χ0v) is 8.04. The van der Waals surface area contributed by atoms with Crippen molar-refractivity contribution in [2.24, 2.45) is 5.18 Å². The number of benzene rings is 1. The van der Waals surface area contributed by atoms with E-state index in [9.17, 15) is 4.91 Å². The van der Waals surface area contributed by atoms with Crippen molar-refractivity contribution in [2.75, 3.05) is 0 Å². The maximum absolute atomic E-state index is 10.3. The van der Waals surface area contributed by atoms with Gasteiger partial charge in [-0.15, -0.1) is 11.3 Å². The quantitative estimate of drug-likeness (QED) is 0.665. The average molecular weight is 191 g/mol. The van der Waals surface area contributed by atoms with E-state index in [0.29, 0.717) is 0 Å². The fraction of sp³-hybridized carbons (Fsp3) is 0.200. The van der Waals surface area contributed by atoms with Crippen LogP contribution in [-0.4, -0.2) is 0 Å². The lowest BCUT2D eigenvalue weighted by molar-refractivity contribution is 0.831. The van der Waals surface area contributed by atoms with Crippen LogP contribution in [0.15, 0.2) is 35.5 Å². The highest BCUT2D eigenvalue weighted by atomic mass is 32.1. The number of thiophene rings is 1. The molecule has 0 aliphatic carbocycles. The number of nitrogens with zero attached hydrogens (tertiary/aromatic N) is 1. The minimum Gasteiger partial charge on any atom is -0.150 e. The van der Waals surface area contributed by atoms with Crippen LogP contribution in [0, 0.1) is 4.91 Å². The molecule has 2 aromatic rings. The summed E-state index contributed by atoms with van der Waals surface area (Å²) in [6.45, 7) is 1.82. The smallest absolute Gasteiger partial charge is 0.123 e. The van der Waals surface area contributed by atoms with Crippen LogP contribution < -0.4 is 0 Å². The van der Waals surface area contributed by atoms with E-state index < -0.39 is 0 Å². The number of hydrogen-bond donors (Lipinski definition) is 0. The van der Waals surface area contributed by atoms with Gasteiger partial charge in [0.1, 0.15) is 6.04 Å². The van der Waals surface area contributed by atoms with Gasteiger partial charge in [-0.1, -0.05) is 23.4 Å². The molecule has 0 fully saturated rings. The van der Waals surface area contributed by atoms with Crippen molar-refractivity contribution in [3.8, 4) is 0 Å². The molecule has 0 bridgehead atoms. The van der Waals surface area contributed by atoms with E-state index in [1.165, 1.54) is 10.1 Å². The highest BCUT2D eigenvalue weighted by molar-refractivity contribution is 7.19. The fourth-order valence-corrected chi connectivity index (χ4v) is 2.31. The van der Waals surface area contributed by atoms with Gasteiger partial charge >= 0.3 is 0 Å². The molecule has 0 radical (unpaired) electrons. The number of hydrogen-bond acceptors (Lipinski definition) is 3. The number of nitroso groups, excluding NO2 is 1. The Hall–Kier alpha value is -1.22. The highest BCUT2D eigenvalue weighted by Gasteiger charge is 2.08. The summed E-state index contributed by atoms with van der Waals surface area (Å²) in [7, 11) is 0. The largest absolute Gasteiger partial charge is 0.150 e. The van der Waals surface area contributed by atoms with Crippen LogP contribution in [0.1, 0.15) is 17.8 Å². The molecule has 1 aromatic carbocycles. The summed E-state index contributed by atoms with van der Waals surface area (Å²) in [5.74, 6) is 0. The van der Waals surface area contributed by atoms with Gasteiger partial charge in [0.25, 0.3) is 0 Å². The summed E-state index contributed by atoms with van der Waals surface area (Å²) in [6, 6.07) is 9.91. The second kappa shape index (κ2) is 3.26. The molecule has 3 heteroatoms. The first kappa shape index (κ1) is 8.38. The minimum absolute atomic E-state index is 0.225. The van der Waals surface area contributed by atoms with E-state index in [4.69, 9.17) is 0 Å². The Morgan fingerprint density at radius 2 is 2.15 bits per heavy atom. The van der Waals surface area contributed by atoms with Gasteiger partial charge in [-0.25, -0.2) is 0 Å². The zero-order chi connectivity index (χ0) is 9.26. The topological polar surface area (TPSA) is 29.4 Å². The third-order valence-electron chi connectivity index (χ3n) is 2.01. The van der Waals surface area contributed by atoms with E-state index >= 15 is 0 Å². The van der Waals surface area contributed by atoms with Crippen LogP contribution in [0.2, 0.25) is 0 Å². The highest BCUT2D eigenvalue weighted by Crippen LogP contribution is 2.30. The van der Waals surface area contributed by atoms with Crippen molar-refractivity contribution in [3.63, 3.8) is 0 Å². The van der Waals surface area contributed by atoms with Crippen LogP contribution >= 0.6 is 11.3 Å². The van der Waals surface area contributed by atoms with E-state index in [-0.39, 0.29) is 6.04 Å². The molecular weight excluding hydrogens is 182 g/mol. The van der Waals surface area contributed by atoms with Crippen LogP contribution in [-0.2, 0) is 0 Å². The van der Waals surface area contributed by atoms with Crippen LogP contribution in [0.25, 0.3) is 10.1 Å². The first-order valence-electron chi connectivity index (χ1n) is 4.12. The lowest BCUT2D eigenvalue weighted by Crippen LogP contribution is -1.80. The standard InChI is InChI=1S/C10H9NOS/c1-7(11-12)10-6-8-4-2-3-5-9(8)13-10/h2-7H,1H3. The first-order valence-corrected chi connectivity index (χ1v) is 4.94. The summed E-state index contributed by atoms with van der Waals surface area (Å²) >= 11 is 1.64. The Bertz CT molecular complexity index is 402.